The molecule has 0 aliphatic heterocycles. The predicted molar refractivity (Wildman–Crippen MR) is 70.0 cm³/mol. The van der Waals surface area contributed by atoms with Crippen LogP contribution in [0.2, 0.25) is 0 Å². The molecule has 3 nitrogen and oxygen atoms in total. The minimum Gasteiger partial charge on any atom is -0.462 e. The van der Waals surface area contributed by atoms with Crippen molar-refractivity contribution in [2.45, 2.75) is 71.0 Å². The number of carbonyl (C=O) groups is 1. The van der Waals surface area contributed by atoms with Crippen LogP contribution in [0.15, 0.2) is 0 Å². The van der Waals surface area contributed by atoms with Crippen molar-refractivity contribution >= 4 is 5.97 Å². The van der Waals surface area contributed by atoms with Crippen LogP contribution in [0, 0.1) is 17.8 Å². The van der Waals surface area contributed by atoms with E-state index in [2.05, 4.69) is 0 Å². The minimum atomic E-state index is -0.610. The standard InChI is InChI=1S/C15H26O3/c1-10(16)18-14-9-5-6-11-12(14)7-4-8-13(11)15(2,3)17/h11-14,17H,4-9H2,1-3H3/t11?,12?,13-,14+/m0/s1. The summed E-state index contributed by atoms with van der Waals surface area (Å²) in [6.07, 6.45) is 6.79. The van der Waals surface area contributed by atoms with E-state index in [1.165, 1.54) is 13.3 Å². The second-order valence-electron chi connectivity index (χ2n) is 6.60. The summed E-state index contributed by atoms with van der Waals surface area (Å²) in [5.41, 5.74) is -0.610. The van der Waals surface area contributed by atoms with Crippen LogP contribution in [-0.2, 0) is 9.53 Å². The molecule has 0 heterocycles. The van der Waals surface area contributed by atoms with E-state index >= 15 is 0 Å². The largest absolute Gasteiger partial charge is 0.462 e. The molecular weight excluding hydrogens is 228 g/mol. The first kappa shape index (κ1) is 13.9. The van der Waals surface area contributed by atoms with E-state index in [-0.39, 0.29) is 12.1 Å². The molecule has 0 aromatic heterocycles. The third kappa shape index (κ3) is 2.87. The molecule has 0 amide bonds. The van der Waals surface area contributed by atoms with Gasteiger partial charge in [-0.2, -0.15) is 0 Å². The Morgan fingerprint density at radius 1 is 1.11 bits per heavy atom. The van der Waals surface area contributed by atoms with Gasteiger partial charge < -0.3 is 9.84 Å². The van der Waals surface area contributed by atoms with Crippen LogP contribution < -0.4 is 0 Å². The van der Waals surface area contributed by atoms with Crippen molar-refractivity contribution in [3.05, 3.63) is 0 Å². The topological polar surface area (TPSA) is 46.5 Å². The molecule has 4 atom stereocenters. The van der Waals surface area contributed by atoms with Crippen molar-refractivity contribution in [2.24, 2.45) is 17.8 Å². The highest BCUT2D eigenvalue weighted by molar-refractivity contribution is 5.66. The molecule has 2 saturated carbocycles. The highest BCUT2D eigenvalue weighted by Crippen LogP contribution is 2.48. The monoisotopic (exact) mass is 254 g/mol. The van der Waals surface area contributed by atoms with E-state index in [4.69, 9.17) is 4.74 Å². The lowest BCUT2D eigenvalue weighted by atomic mass is 9.60. The van der Waals surface area contributed by atoms with Crippen molar-refractivity contribution in [2.75, 3.05) is 0 Å². The Labute approximate surface area is 110 Å². The van der Waals surface area contributed by atoms with Gasteiger partial charge in [0.25, 0.3) is 0 Å². The lowest BCUT2D eigenvalue weighted by Gasteiger charge is -2.48. The highest BCUT2D eigenvalue weighted by Gasteiger charge is 2.45. The average Bonchev–Trinajstić information content (AvgIpc) is 2.26. The number of esters is 1. The first-order valence-electron chi connectivity index (χ1n) is 7.29. The van der Waals surface area contributed by atoms with Crippen LogP contribution in [0.3, 0.4) is 0 Å². The Bertz CT molecular complexity index is 305. The maximum Gasteiger partial charge on any atom is 0.302 e. The minimum absolute atomic E-state index is 0.0893. The fourth-order valence-corrected chi connectivity index (χ4v) is 4.18. The van der Waals surface area contributed by atoms with Crippen molar-refractivity contribution in [3.63, 3.8) is 0 Å². The molecule has 104 valence electrons. The lowest BCUT2D eigenvalue weighted by Crippen LogP contribution is -2.47. The molecule has 0 aromatic rings. The van der Waals surface area contributed by atoms with Crippen molar-refractivity contribution in [1.82, 2.24) is 0 Å². The normalized spacial score (nSPS) is 36.9. The Morgan fingerprint density at radius 2 is 1.72 bits per heavy atom. The summed E-state index contributed by atoms with van der Waals surface area (Å²) < 4.78 is 5.50. The van der Waals surface area contributed by atoms with Crippen molar-refractivity contribution in [1.29, 1.82) is 0 Å². The van der Waals surface area contributed by atoms with E-state index in [0.29, 0.717) is 17.8 Å². The zero-order valence-corrected chi connectivity index (χ0v) is 11.8. The van der Waals surface area contributed by atoms with Gasteiger partial charge in [-0.15, -0.1) is 0 Å². The van der Waals surface area contributed by atoms with Crippen LogP contribution in [0.25, 0.3) is 0 Å². The first-order valence-corrected chi connectivity index (χ1v) is 7.29. The molecule has 2 fully saturated rings. The molecule has 2 unspecified atom stereocenters. The maximum atomic E-state index is 11.2. The summed E-state index contributed by atoms with van der Waals surface area (Å²) >= 11 is 0. The van der Waals surface area contributed by atoms with Gasteiger partial charge in [0.05, 0.1) is 5.60 Å². The van der Waals surface area contributed by atoms with Crippen molar-refractivity contribution in [3.8, 4) is 0 Å². The van der Waals surface area contributed by atoms with E-state index in [0.717, 1.165) is 32.1 Å². The quantitative estimate of drug-likeness (QED) is 0.771. The molecule has 18 heavy (non-hydrogen) atoms. The van der Waals surface area contributed by atoms with Gasteiger partial charge in [-0.1, -0.05) is 6.42 Å². The SMILES string of the molecule is CC(=O)O[C@@H]1CCCC2C1CCC[C@@H]2C(C)(C)O. The fourth-order valence-electron chi connectivity index (χ4n) is 4.18. The van der Waals surface area contributed by atoms with E-state index in [1.807, 2.05) is 13.8 Å². The van der Waals surface area contributed by atoms with Gasteiger partial charge in [-0.25, -0.2) is 0 Å². The van der Waals surface area contributed by atoms with Gasteiger partial charge in [0.2, 0.25) is 0 Å². The van der Waals surface area contributed by atoms with Crippen LogP contribution >= 0.6 is 0 Å². The van der Waals surface area contributed by atoms with E-state index in [9.17, 15) is 9.90 Å². The number of hydrogen-bond donors (Lipinski definition) is 1. The molecule has 3 heteroatoms. The molecule has 0 bridgehead atoms. The van der Waals surface area contributed by atoms with E-state index in [1.54, 1.807) is 0 Å². The zero-order chi connectivity index (χ0) is 13.3. The molecule has 2 aliphatic rings. The van der Waals surface area contributed by atoms with Crippen LogP contribution in [0.4, 0.5) is 0 Å². The van der Waals surface area contributed by atoms with Crippen LogP contribution in [-0.4, -0.2) is 22.8 Å². The second kappa shape index (κ2) is 5.20. The maximum absolute atomic E-state index is 11.2. The predicted octanol–water partition coefficient (Wildman–Crippen LogP) is 2.91. The summed E-state index contributed by atoms with van der Waals surface area (Å²) in [5, 5.41) is 10.3. The highest BCUT2D eigenvalue weighted by atomic mass is 16.5. The Hall–Kier alpha value is -0.570. The number of fused-ring (bicyclic) bond motifs is 1. The van der Waals surface area contributed by atoms with Gasteiger partial charge in [0.1, 0.15) is 6.10 Å². The summed E-state index contributed by atoms with van der Waals surface area (Å²) in [5.74, 6) is 1.19. The van der Waals surface area contributed by atoms with Crippen molar-refractivity contribution < 1.29 is 14.6 Å². The molecule has 0 aromatic carbocycles. The molecule has 0 saturated heterocycles. The molecule has 0 radical (unpaired) electrons. The third-order valence-electron chi connectivity index (χ3n) is 4.85. The zero-order valence-electron chi connectivity index (χ0n) is 11.8. The first-order chi connectivity index (χ1) is 8.39. The fraction of sp³-hybridized carbons (Fsp3) is 0.933. The number of hydrogen-bond acceptors (Lipinski definition) is 3. The van der Waals surface area contributed by atoms with Gasteiger partial charge in [0, 0.05) is 6.92 Å². The average molecular weight is 254 g/mol. The third-order valence-corrected chi connectivity index (χ3v) is 4.85. The Balaban J connectivity index is 2.12. The summed E-state index contributed by atoms with van der Waals surface area (Å²) in [6, 6.07) is 0. The Morgan fingerprint density at radius 3 is 2.33 bits per heavy atom. The molecule has 2 aliphatic carbocycles. The van der Waals surface area contributed by atoms with Gasteiger partial charge in [-0.3, -0.25) is 4.79 Å². The number of ether oxygens (including phenoxy) is 1. The van der Waals surface area contributed by atoms with Gasteiger partial charge in [0.15, 0.2) is 0 Å². The van der Waals surface area contributed by atoms with Gasteiger partial charge in [-0.05, 0) is 63.7 Å². The number of carbonyl (C=O) groups excluding carboxylic acids is 1. The van der Waals surface area contributed by atoms with Crippen LogP contribution in [0.1, 0.15) is 59.3 Å². The lowest BCUT2D eigenvalue weighted by molar-refractivity contribution is -0.158. The Kier molecular flexibility index (Phi) is 4.00. The molecular formula is C15H26O3. The summed E-state index contributed by atoms with van der Waals surface area (Å²) in [7, 11) is 0. The smallest absolute Gasteiger partial charge is 0.302 e. The summed E-state index contributed by atoms with van der Waals surface area (Å²) in [4.78, 5) is 11.2. The molecule has 1 N–H and O–H groups in total. The summed E-state index contributed by atoms with van der Waals surface area (Å²) in [6.45, 7) is 5.35. The van der Waals surface area contributed by atoms with Gasteiger partial charge >= 0.3 is 5.97 Å². The molecule has 0 spiro atoms. The second-order valence-corrected chi connectivity index (χ2v) is 6.60. The molecule has 2 rings (SSSR count). The van der Waals surface area contributed by atoms with Crippen LogP contribution in [0.5, 0.6) is 0 Å². The van der Waals surface area contributed by atoms with E-state index < -0.39 is 5.60 Å². The number of rotatable bonds is 2. The number of aliphatic hydroxyl groups is 1.